The number of aryl methyl sites for hydroxylation is 1. The number of hydrogen-bond acceptors (Lipinski definition) is 6. The summed E-state index contributed by atoms with van der Waals surface area (Å²) in [7, 11) is 1.56. The van der Waals surface area contributed by atoms with Gasteiger partial charge in [0.1, 0.15) is 5.75 Å². The van der Waals surface area contributed by atoms with Gasteiger partial charge in [-0.05, 0) is 42.3 Å². The number of benzene rings is 2. The molecule has 4 aromatic rings. The highest BCUT2D eigenvalue weighted by molar-refractivity contribution is 5.80. The van der Waals surface area contributed by atoms with E-state index in [9.17, 15) is 9.59 Å². The maximum absolute atomic E-state index is 12.5. The Balaban J connectivity index is 1.69. The van der Waals surface area contributed by atoms with Crippen molar-refractivity contribution in [3.63, 3.8) is 0 Å². The van der Waals surface area contributed by atoms with Crippen molar-refractivity contribution in [2.24, 2.45) is 12.1 Å². The minimum Gasteiger partial charge on any atom is -0.494 e. The smallest absolute Gasteiger partial charge is 0.329 e. The van der Waals surface area contributed by atoms with Gasteiger partial charge in [-0.15, -0.1) is 0 Å². The summed E-state index contributed by atoms with van der Waals surface area (Å²) >= 11 is 0. The average Bonchev–Trinajstić information content (AvgIpc) is 3.13. The standard InChI is InChI=1S/C22H22N6O3/c1-3-31-17-11-9-15(10-12-17)13-23-26-21-24-19-18(20(29)25-22(30)27(19)2)28(21)14-16-7-5-4-6-8-16/h4-13H,3,14H2,1-2H3,(H,24,26)(H,25,29,30). The van der Waals surface area contributed by atoms with Gasteiger partial charge in [-0.3, -0.25) is 18.9 Å². The van der Waals surface area contributed by atoms with Gasteiger partial charge in [0.15, 0.2) is 11.2 Å². The molecule has 2 heterocycles. The molecule has 158 valence electrons. The Morgan fingerprint density at radius 1 is 1.13 bits per heavy atom. The molecular weight excluding hydrogens is 396 g/mol. The first-order valence-corrected chi connectivity index (χ1v) is 9.82. The van der Waals surface area contributed by atoms with E-state index in [4.69, 9.17) is 4.74 Å². The molecule has 0 amide bonds. The first kappa shape index (κ1) is 20.1. The van der Waals surface area contributed by atoms with Crippen molar-refractivity contribution in [3.05, 3.63) is 86.6 Å². The van der Waals surface area contributed by atoms with E-state index in [2.05, 4.69) is 20.5 Å². The minimum atomic E-state index is -0.522. The van der Waals surface area contributed by atoms with Gasteiger partial charge in [0.2, 0.25) is 5.95 Å². The zero-order chi connectivity index (χ0) is 21.8. The topological polar surface area (TPSA) is 106 Å². The molecule has 2 aromatic heterocycles. The number of rotatable bonds is 7. The van der Waals surface area contributed by atoms with Crippen molar-refractivity contribution in [1.29, 1.82) is 0 Å². The maximum Gasteiger partial charge on any atom is 0.329 e. The molecule has 0 bridgehead atoms. The van der Waals surface area contributed by atoms with Gasteiger partial charge in [-0.1, -0.05) is 30.3 Å². The molecule has 31 heavy (non-hydrogen) atoms. The highest BCUT2D eigenvalue weighted by Gasteiger charge is 2.17. The first-order chi connectivity index (χ1) is 15.1. The lowest BCUT2D eigenvalue weighted by Crippen LogP contribution is -2.29. The van der Waals surface area contributed by atoms with Gasteiger partial charge in [-0.25, -0.2) is 10.2 Å². The predicted molar refractivity (Wildman–Crippen MR) is 120 cm³/mol. The Hall–Kier alpha value is -4.14. The minimum absolute atomic E-state index is 0.281. The van der Waals surface area contributed by atoms with Gasteiger partial charge < -0.3 is 4.74 Å². The number of nitrogens with zero attached hydrogens (tertiary/aromatic N) is 4. The van der Waals surface area contributed by atoms with E-state index in [1.54, 1.807) is 17.8 Å². The van der Waals surface area contributed by atoms with Crippen LogP contribution in [0.25, 0.3) is 11.2 Å². The Morgan fingerprint density at radius 2 is 1.87 bits per heavy atom. The molecule has 9 heteroatoms. The predicted octanol–water partition coefficient (Wildman–Crippen LogP) is 2.32. The number of H-pyrrole nitrogens is 1. The molecule has 0 radical (unpaired) electrons. The second-order valence-electron chi connectivity index (χ2n) is 6.87. The van der Waals surface area contributed by atoms with Crippen molar-refractivity contribution in [2.45, 2.75) is 13.5 Å². The first-order valence-electron chi connectivity index (χ1n) is 9.82. The lowest BCUT2D eigenvalue weighted by Gasteiger charge is -2.08. The molecule has 0 saturated carbocycles. The van der Waals surface area contributed by atoms with Crippen LogP contribution in [-0.4, -0.2) is 31.9 Å². The molecule has 0 aliphatic rings. The van der Waals surface area contributed by atoms with Crippen molar-refractivity contribution in [1.82, 2.24) is 19.1 Å². The maximum atomic E-state index is 12.5. The summed E-state index contributed by atoms with van der Waals surface area (Å²) in [6, 6.07) is 17.2. The van der Waals surface area contributed by atoms with E-state index in [-0.39, 0.29) is 5.65 Å². The number of hydrazone groups is 1. The third-order valence-corrected chi connectivity index (χ3v) is 4.76. The number of fused-ring (bicyclic) bond motifs is 1. The molecule has 9 nitrogen and oxygen atoms in total. The molecule has 0 fully saturated rings. The average molecular weight is 418 g/mol. The second kappa shape index (κ2) is 8.70. The van der Waals surface area contributed by atoms with Crippen LogP contribution in [0, 0.1) is 0 Å². The molecule has 2 N–H and O–H groups in total. The van der Waals surface area contributed by atoms with Crippen molar-refractivity contribution < 1.29 is 4.74 Å². The lowest BCUT2D eigenvalue weighted by atomic mass is 10.2. The molecule has 4 rings (SSSR count). The fourth-order valence-electron chi connectivity index (χ4n) is 3.22. The largest absolute Gasteiger partial charge is 0.494 e. The van der Waals surface area contributed by atoms with Crippen molar-refractivity contribution in [2.75, 3.05) is 12.0 Å². The van der Waals surface area contributed by atoms with E-state index in [1.165, 1.54) is 4.57 Å². The van der Waals surface area contributed by atoms with Crippen LogP contribution in [0.4, 0.5) is 5.95 Å². The summed E-state index contributed by atoms with van der Waals surface area (Å²) < 4.78 is 8.45. The van der Waals surface area contributed by atoms with Crippen molar-refractivity contribution in [3.8, 4) is 5.75 Å². The summed E-state index contributed by atoms with van der Waals surface area (Å²) in [5.41, 5.74) is 4.31. The van der Waals surface area contributed by atoms with E-state index in [0.717, 1.165) is 16.9 Å². The highest BCUT2D eigenvalue weighted by atomic mass is 16.5. The Morgan fingerprint density at radius 3 is 2.58 bits per heavy atom. The van der Waals surface area contributed by atoms with E-state index in [0.29, 0.717) is 24.6 Å². The Kier molecular flexibility index (Phi) is 5.65. The third-order valence-electron chi connectivity index (χ3n) is 4.76. The van der Waals surface area contributed by atoms with Gasteiger partial charge in [0.05, 0.1) is 19.4 Å². The number of aromatic nitrogens is 4. The second-order valence-corrected chi connectivity index (χ2v) is 6.87. The Bertz CT molecular complexity index is 1330. The lowest BCUT2D eigenvalue weighted by molar-refractivity contribution is 0.340. The van der Waals surface area contributed by atoms with Gasteiger partial charge in [0.25, 0.3) is 5.56 Å². The van der Waals surface area contributed by atoms with Gasteiger partial charge >= 0.3 is 5.69 Å². The number of ether oxygens (including phenoxy) is 1. The zero-order valence-corrected chi connectivity index (χ0v) is 17.2. The fourth-order valence-corrected chi connectivity index (χ4v) is 3.22. The fraction of sp³-hybridized carbons (Fsp3) is 0.182. The zero-order valence-electron chi connectivity index (χ0n) is 17.2. The van der Waals surface area contributed by atoms with Crippen LogP contribution in [0.2, 0.25) is 0 Å². The molecule has 0 aliphatic heterocycles. The van der Waals surface area contributed by atoms with Gasteiger partial charge in [-0.2, -0.15) is 10.1 Å². The van der Waals surface area contributed by atoms with Crippen LogP contribution in [-0.2, 0) is 13.6 Å². The van der Waals surface area contributed by atoms with E-state index in [1.807, 2.05) is 61.5 Å². The summed E-state index contributed by atoms with van der Waals surface area (Å²) in [4.78, 5) is 31.3. The van der Waals surface area contributed by atoms with E-state index < -0.39 is 11.2 Å². The number of nitrogens with one attached hydrogen (secondary N) is 2. The van der Waals surface area contributed by atoms with Crippen LogP contribution in [0.3, 0.4) is 0 Å². The molecule has 0 atom stereocenters. The normalized spacial score (nSPS) is 11.3. The van der Waals surface area contributed by atoms with Gasteiger partial charge in [0, 0.05) is 7.05 Å². The molecule has 0 aliphatic carbocycles. The molecule has 0 saturated heterocycles. The highest BCUT2D eigenvalue weighted by Crippen LogP contribution is 2.18. The van der Waals surface area contributed by atoms with Crippen LogP contribution in [0.15, 0.2) is 69.3 Å². The van der Waals surface area contributed by atoms with Crippen LogP contribution >= 0.6 is 0 Å². The van der Waals surface area contributed by atoms with E-state index >= 15 is 0 Å². The monoisotopic (exact) mass is 418 g/mol. The molecule has 2 aromatic carbocycles. The number of imidazole rings is 1. The summed E-state index contributed by atoms with van der Waals surface area (Å²) in [6.07, 6.45) is 1.64. The Labute approximate surface area is 177 Å². The SMILES string of the molecule is CCOc1ccc(C=NNc2nc3c(c(=O)[nH]c(=O)n3C)n2Cc2ccccc2)cc1. The third kappa shape index (κ3) is 4.25. The quantitative estimate of drug-likeness (QED) is 0.354. The summed E-state index contributed by atoms with van der Waals surface area (Å²) in [6.45, 7) is 2.93. The number of anilines is 1. The molecule has 0 unspecified atom stereocenters. The molecular formula is C22H22N6O3. The number of aromatic amines is 1. The summed E-state index contributed by atoms with van der Waals surface area (Å²) in [5.74, 6) is 1.14. The van der Waals surface area contributed by atoms with Crippen LogP contribution < -0.4 is 21.4 Å². The van der Waals surface area contributed by atoms with Crippen molar-refractivity contribution >= 4 is 23.3 Å². The molecule has 0 spiro atoms. The van der Waals surface area contributed by atoms with Crippen LogP contribution in [0.1, 0.15) is 18.1 Å². The van der Waals surface area contributed by atoms with Crippen LogP contribution in [0.5, 0.6) is 5.75 Å². The summed E-state index contributed by atoms with van der Waals surface area (Å²) in [5, 5.41) is 4.27. The number of hydrogen-bond donors (Lipinski definition) is 2.